The molecule has 1 heterocycles. The Kier molecular flexibility index (Phi) is 5.18. The molecule has 1 aliphatic rings. The van der Waals surface area contributed by atoms with Crippen LogP contribution in [0.3, 0.4) is 0 Å². The summed E-state index contributed by atoms with van der Waals surface area (Å²) in [5.74, 6) is 1.20. The maximum absolute atomic E-state index is 12.1. The van der Waals surface area contributed by atoms with Crippen LogP contribution in [0, 0.1) is 25.7 Å². The SMILES string of the molecule is Cc1ccc(NC(=O)CC(C)C2CCCNC2)cc1C. The number of carbonyl (C=O) groups is 1. The summed E-state index contributed by atoms with van der Waals surface area (Å²) in [5.41, 5.74) is 3.38. The third-order valence-corrected chi connectivity index (χ3v) is 4.44. The highest BCUT2D eigenvalue weighted by Gasteiger charge is 2.21. The number of rotatable bonds is 4. The molecule has 1 amide bonds. The van der Waals surface area contributed by atoms with Crippen molar-refractivity contribution in [2.24, 2.45) is 11.8 Å². The molecule has 0 bridgehead atoms. The van der Waals surface area contributed by atoms with Gasteiger partial charge < -0.3 is 10.6 Å². The van der Waals surface area contributed by atoms with Gasteiger partial charge >= 0.3 is 0 Å². The zero-order chi connectivity index (χ0) is 14.5. The predicted octanol–water partition coefficient (Wildman–Crippen LogP) is 3.27. The van der Waals surface area contributed by atoms with Crippen LogP contribution >= 0.6 is 0 Å². The summed E-state index contributed by atoms with van der Waals surface area (Å²) in [6.45, 7) is 8.52. The standard InChI is InChI=1S/C17H26N2O/c1-12-6-7-16(9-13(12)2)19-17(20)10-14(3)15-5-4-8-18-11-15/h6-7,9,14-15,18H,4-5,8,10-11H2,1-3H3,(H,19,20). The molecule has 0 aromatic heterocycles. The molecule has 0 saturated carbocycles. The lowest BCUT2D eigenvalue weighted by atomic mass is 9.85. The molecule has 0 radical (unpaired) electrons. The van der Waals surface area contributed by atoms with E-state index >= 15 is 0 Å². The molecule has 20 heavy (non-hydrogen) atoms. The van der Waals surface area contributed by atoms with Crippen LogP contribution in [0.5, 0.6) is 0 Å². The number of hydrogen-bond donors (Lipinski definition) is 2. The second kappa shape index (κ2) is 6.89. The minimum Gasteiger partial charge on any atom is -0.326 e. The van der Waals surface area contributed by atoms with Crippen LogP contribution in [-0.4, -0.2) is 19.0 Å². The van der Waals surface area contributed by atoms with Crippen LogP contribution < -0.4 is 10.6 Å². The van der Waals surface area contributed by atoms with Gasteiger partial charge in [0.1, 0.15) is 0 Å². The van der Waals surface area contributed by atoms with Crippen molar-refractivity contribution in [3.8, 4) is 0 Å². The van der Waals surface area contributed by atoms with Crippen molar-refractivity contribution in [1.29, 1.82) is 0 Å². The molecular weight excluding hydrogens is 248 g/mol. The van der Waals surface area contributed by atoms with E-state index in [-0.39, 0.29) is 5.91 Å². The van der Waals surface area contributed by atoms with Gasteiger partial charge in [-0.05, 0) is 74.9 Å². The summed E-state index contributed by atoms with van der Waals surface area (Å²) in [4.78, 5) is 12.1. The van der Waals surface area contributed by atoms with Gasteiger partial charge in [0.2, 0.25) is 5.91 Å². The number of hydrogen-bond acceptors (Lipinski definition) is 2. The first-order valence-corrected chi connectivity index (χ1v) is 7.64. The van der Waals surface area contributed by atoms with E-state index in [4.69, 9.17) is 0 Å². The van der Waals surface area contributed by atoms with Crippen molar-refractivity contribution in [1.82, 2.24) is 5.32 Å². The molecular formula is C17H26N2O. The summed E-state index contributed by atoms with van der Waals surface area (Å²) in [6, 6.07) is 6.08. The topological polar surface area (TPSA) is 41.1 Å². The third-order valence-electron chi connectivity index (χ3n) is 4.44. The quantitative estimate of drug-likeness (QED) is 0.884. The first-order valence-electron chi connectivity index (χ1n) is 7.64. The average molecular weight is 274 g/mol. The Hall–Kier alpha value is -1.35. The van der Waals surface area contributed by atoms with Crippen molar-refractivity contribution in [2.75, 3.05) is 18.4 Å². The lowest BCUT2D eigenvalue weighted by molar-refractivity contribution is -0.117. The van der Waals surface area contributed by atoms with Gasteiger partial charge in [0.15, 0.2) is 0 Å². The highest BCUT2D eigenvalue weighted by molar-refractivity contribution is 5.90. The molecule has 3 heteroatoms. The molecule has 0 spiro atoms. The smallest absolute Gasteiger partial charge is 0.224 e. The van der Waals surface area contributed by atoms with Gasteiger partial charge in [-0.1, -0.05) is 13.0 Å². The van der Waals surface area contributed by atoms with Gasteiger partial charge in [0, 0.05) is 12.1 Å². The molecule has 2 unspecified atom stereocenters. The molecule has 110 valence electrons. The minimum absolute atomic E-state index is 0.131. The van der Waals surface area contributed by atoms with Crippen LogP contribution in [0.4, 0.5) is 5.69 Å². The predicted molar refractivity (Wildman–Crippen MR) is 83.9 cm³/mol. The lowest BCUT2D eigenvalue weighted by Crippen LogP contribution is -2.34. The third kappa shape index (κ3) is 4.07. The van der Waals surface area contributed by atoms with Crippen LogP contribution in [0.25, 0.3) is 0 Å². The highest BCUT2D eigenvalue weighted by Crippen LogP contribution is 2.23. The van der Waals surface area contributed by atoms with E-state index in [1.165, 1.54) is 24.0 Å². The van der Waals surface area contributed by atoms with Crippen molar-refractivity contribution in [3.05, 3.63) is 29.3 Å². The van der Waals surface area contributed by atoms with Crippen LogP contribution in [0.1, 0.15) is 37.3 Å². The first-order chi connectivity index (χ1) is 9.56. The Labute approximate surface area is 122 Å². The zero-order valence-corrected chi connectivity index (χ0v) is 12.8. The number of benzene rings is 1. The van der Waals surface area contributed by atoms with Gasteiger partial charge in [-0.15, -0.1) is 0 Å². The van der Waals surface area contributed by atoms with E-state index in [9.17, 15) is 4.79 Å². The summed E-state index contributed by atoms with van der Waals surface area (Å²) in [6.07, 6.45) is 3.08. The Morgan fingerprint density at radius 1 is 1.40 bits per heavy atom. The van der Waals surface area contributed by atoms with Crippen LogP contribution in [0.15, 0.2) is 18.2 Å². The number of nitrogens with one attached hydrogen (secondary N) is 2. The summed E-state index contributed by atoms with van der Waals surface area (Å²) >= 11 is 0. The van der Waals surface area contributed by atoms with E-state index in [0.717, 1.165) is 18.8 Å². The zero-order valence-electron chi connectivity index (χ0n) is 12.8. The van der Waals surface area contributed by atoms with Crippen molar-refractivity contribution in [3.63, 3.8) is 0 Å². The van der Waals surface area contributed by atoms with Gasteiger partial charge in [-0.25, -0.2) is 0 Å². The van der Waals surface area contributed by atoms with Crippen LogP contribution in [0.2, 0.25) is 0 Å². The molecule has 2 N–H and O–H groups in total. The average Bonchev–Trinajstić information content (AvgIpc) is 2.44. The molecule has 3 nitrogen and oxygen atoms in total. The Morgan fingerprint density at radius 3 is 2.85 bits per heavy atom. The van der Waals surface area contributed by atoms with Gasteiger partial charge in [-0.3, -0.25) is 4.79 Å². The first kappa shape index (κ1) is 15.0. The second-order valence-electron chi connectivity index (χ2n) is 6.14. The number of amides is 1. The lowest BCUT2D eigenvalue weighted by Gasteiger charge is -2.28. The molecule has 2 rings (SSSR count). The monoisotopic (exact) mass is 274 g/mol. The minimum atomic E-state index is 0.131. The maximum Gasteiger partial charge on any atom is 0.224 e. The highest BCUT2D eigenvalue weighted by atomic mass is 16.1. The second-order valence-corrected chi connectivity index (χ2v) is 6.14. The molecule has 0 aliphatic carbocycles. The fourth-order valence-corrected chi connectivity index (χ4v) is 2.85. The number of carbonyl (C=O) groups excluding carboxylic acids is 1. The van der Waals surface area contributed by atoms with Crippen molar-refractivity contribution >= 4 is 11.6 Å². The van der Waals surface area contributed by atoms with Gasteiger partial charge in [0.05, 0.1) is 0 Å². The number of piperidine rings is 1. The molecule has 1 aliphatic heterocycles. The molecule has 1 fully saturated rings. The van der Waals surface area contributed by atoms with Gasteiger partial charge in [-0.2, -0.15) is 0 Å². The molecule has 1 aromatic carbocycles. The fraction of sp³-hybridized carbons (Fsp3) is 0.588. The van der Waals surface area contributed by atoms with E-state index < -0.39 is 0 Å². The molecule has 1 saturated heterocycles. The summed E-state index contributed by atoms with van der Waals surface area (Å²) in [7, 11) is 0. The van der Waals surface area contributed by atoms with E-state index in [0.29, 0.717) is 18.3 Å². The Bertz CT molecular complexity index is 464. The van der Waals surface area contributed by atoms with E-state index in [1.54, 1.807) is 0 Å². The van der Waals surface area contributed by atoms with Crippen molar-refractivity contribution in [2.45, 2.75) is 40.0 Å². The maximum atomic E-state index is 12.1. The Balaban J connectivity index is 1.86. The number of aryl methyl sites for hydroxylation is 2. The molecule has 1 aromatic rings. The largest absolute Gasteiger partial charge is 0.326 e. The molecule has 2 atom stereocenters. The number of anilines is 1. The Morgan fingerprint density at radius 2 is 2.20 bits per heavy atom. The fourth-order valence-electron chi connectivity index (χ4n) is 2.85. The summed E-state index contributed by atoms with van der Waals surface area (Å²) in [5, 5.41) is 6.44. The van der Waals surface area contributed by atoms with Crippen molar-refractivity contribution < 1.29 is 4.79 Å². The van der Waals surface area contributed by atoms with Crippen LogP contribution in [-0.2, 0) is 4.79 Å². The van der Waals surface area contributed by atoms with Gasteiger partial charge in [0.25, 0.3) is 0 Å². The normalized spacial score (nSPS) is 20.4. The van der Waals surface area contributed by atoms with E-state index in [2.05, 4.69) is 37.5 Å². The van der Waals surface area contributed by atoms with E-state index in [1.807, 2.05) is 12.1 Å². The summed E-state index contributed by atoms with van der Waals surface area (Å²) < 4.78 is 0.